The smallest absolute Gasteiger partial charge is 0.340 e. The minimum Gasteiger partial charge on any atom is -0.465 e. The number of methoxy groups -OCH3 is 1. The highest BCUT2D eigenvalue weighted by Gasteiger charge is 2.27. The topological polar surface area (TPSA) is 49.9 Å². The summed E-state index contributed by atoms with van der Waals surface area (Å²) in [5, 5.41) is 0. The average molecular weight is 304 g/mol. The molecule has 0 aliphatic carbocycles. The minimum absolute atomic E-state index is 0.127. The molecule has 22 heavy (non-hydrogen) atoms. The van der Waals surface area contributed by atoms with Crippen LogP contribution in [0.5, 0.6) is 0 Å². The van der Waals surface area contributed by atoms with E-state index >= 15 is 0 Å². The Balaban J connectivity index is 2.56. The molecule has 1 aliphatic rings. The standard InChI is InChI=1S/C17H24N2O3/c1-4-18(5-2)16-13(17(21)22-3)9-8-10-14(16)19-12-7-6-11-15(19)20/h8-10H,4-7,11-12H2,1-3H3. The van der Waals surface area contributed by atoms with Crippen molar-refractivity contribution in [3.8, 4) is 0 Å². The molecule has 1 aromatic carbocycles. The quantitative estimate of drug-likeness (QED) is 0.785. The van der Waals surface area contributed by atoms with Gasteiger partial charge in [0.2, 0.25) is 5.91 Å². The predicted octanol–water partition coefficient (Wildman–Crippen LogP) is 2.84. The number of anilines is 2. The van der Waals surface area contributed by atoms with Crippen LogP contribution < -0.4 is 9.80 Å². The molecule has 1 amide bonds. The number of carbonyl (C=O) groups is 2. The van der Waals surface area contributed by atoms with E-state index in [9.17, 15) is 9.59 Å². The molecule has 1 aromatic rings. The third-order valence-corrected chi connectivity index (χ3v) is 4.11. The van der Waals surface area contributed by atoms with Crippen molar-refractivity contribution in [2.45, 2.75) is 33.1 Å². The van der Waals surface area contributed by atoms with Crippen LogP contribution in [0.3, 0.4) is 0 Å². The van der Waals surface area contributed by atoms with E-state index in [1.165, 1.54) is 7.11 Å². The molecule has 1 heterocycles. The van der Waals surface area contributed by atoms with Crippen LogP contribution in [0.4, 0.5) is 11.4 Å². The maximum absolute atomic E-state index is 12.3. The molecule has 0 aromatic heterocycles. The molecule has 5 nitrogen and oxygen atoms in total. The van der Waals surface area contributed by atoms with Gasteiger partial charge in [-0.1, -0.05) is 6.07 Å². The van der Waals surface area contributed by atoms with Crippen LogP contribution in [0.25, 0.3) is 0 Å². The molecule has 0 saturated carbocycles. The summed E-state index contributed by atoms with van der Waals surface area (Å²) in [6.07, 6.45) is 2.50. The van der Waals surface area contributed by atoms with Crippen molar-refractivity contribution in [3.63, 3.8) is 0 Å². The zero-order valence-electron chi connectivity index (χ0n) is 13.6. The largest absolute Gasteiger partial charge is 0.465 e. The van der Waals surface area contributed by atoms with Crippen LogP contribution in [-0.4, -0.2) is 38.6 Å². The fourth-order valence-electron chi connectivity index (χ4n) is 2.96. The number of piperidine rings is 1. The molecule has 120 valence electrons. The minimum atomic E-state index is -0.367. The molecule has 0 atom stereocenters. The van der Waals surface area contributed by atoms with E-state index < -0.39 is 0 Å². The van der Waals surface area contributed by atoms with Gasteiger partial charge in [-0.05, 0) is 38.8 Å². The molecular weight excluding hydrogens is 280 g/mol. The van der Waals surface area contributed by atoms with E-state index in [0.717, 1.165) is 37.3 Å². The Bertz CT molecular complexity index is 553. The number of nitrogens with zero attached hydrogens (tertiary/aromatic N) is 2. The lowest BCUT2D eigenvalue weighted by atomic mass is 10.0. The number of ether oxygens (including phenoxy) is 1. The van der Waals surface area contributed by atoms with Crippen LogP contribution in [0.2, 0.25) is 0 Å². The van der Waals surface area contributed by atoms with Crippen molar-refractivity contribution in [2.24, 2.45) is 0 Å². The zero-order chi connectivity index (χ0) is 16.1. The lowest BCUT2D eigenvalue weighted by Gasteiger charge is -2.33. The van der Waals surface area contributed by atoms with Gasteiger partial charge in [-0.25, -0.2) is 4.79 Å². The van der Waals surface area contributed by atoms with E-state index in [4.69, 9.17) is 4.74 Å². The lowest BCUT2D eigenvalue weighted by Crippen LogP contribution is -2.37. The Morgan fingerprint density at radius 1 is 1.27 bits per heavy atom. The number of rotatable bonds is 5. The summed E-state index contributed by atoms with van der Waals surface area (Å²) < 4.78 is 4.92. The summed E-state index contributed by atoms with van der Waals surface area (Å²) in [4.78, 5) is 28.3. The van der Waals surface area contributed by atoms with Gasteiger partial charge in [-0.2, -0.15) is 0 Å². The number of benzene rings is 1. The van der Waals surface area contributed by atoms with Crippen LogP contribution in [0, 0.1) is 0 Å². The van der Waals surface area contributed by atoms with Crippen LogP contribution in [-0.2, 0) is 9.53 Å². The van der Waals surface area contributed by atoms with Gasteiger partial charge in [0.1, 0.15) is 0 Å². The lowest BCUT2D eigenvalue weighted by molar-refractivity contribution is -0.119. The third kappa shape index (κ3) is 3.08. The van der Waals surface area contributed by atoms with Gasteiger partial charge in [-0.3, -0.25) is 4.79 Å². The Labute approximate surface area is 131 Å². The van der Waals surface area contributed by atoms with Gasteiger partial charge in [0.05, 0.1) is 24.0 Å². The van der Waals surface area contributed by atoms with Gasteiger partial charge in [0, 0.05) is 26.1 Å². The number of hydrogen-bond donors (Lipinski definition) is 0. The molecule has 0 N–H and O–H groups in total. The van der Waals surface area contributed by atoms with Crippen LogP contribution in [0.15, 0.2) is 18.2 Å². The van der Waals surface area contributed by atoms with E-state index in [-0.39, 0.29) is 11.9 Å². The first-order chi connectivity index (χ1) is 10.6. The first-order valence-electron chi connectivity index (χ1n) is 7.90. The first kappa shape index (κ1) is 16.3. The molecule has 0 radical (unpaired) electrons. The monoisotopic (exact) mass is 304 g/mol. The second kappa shape index (κ2) is 7.29. The Morgan fingerprint density at radius 2 is 2.00 bits per heavy atom. The zero-order valence-corrected chi connectivity index (χ0v) is 13.6. The van der Waals surface area contributed by atoms with Gasteiger partial charge >= 0.3 is 5.97 Å². The SMILES string of the molecule is CCN(CC)c1c(C(=O)OC)cccc1N1CCCCC1=O. The van der Waals surface area contributed by atoms with Crippen molar-refractivity contribution in [2.75, 3.05) is 36.5 Å². The number of hydrogen-bond acceptors (Lipinski definition) is 4. The molecule has 0 unspecified atom stereocenters. The van der Waals surface area contributed by atoms with E-state index in [1.807, 2.05) is 30.9 Å². The number of carbonyl (C=O) groups excluding carboxylic acids is 2. The number of esters is 1. The Hall–Kier alpha value is -2.04. The van der Waals surface area contributed by atoms with Crippen LogP contribution >= 0.6 is 0 Å². The molecule has 1 aliphatic heterocycles. The van der Waals surface area contributed by atoms with Crippen molar-refractivity contribution in [3.05, 3.63) is 23.8 Å². The fraction of sp³-hybridized carbons (Fsp3) is 0.529. The molecule has 2 rings (SSSR count). The second-order valence-electron chi connectivity index (χ2n) is 5.34. The average Bonchev–Trinajstić information content (AvgIpc) is 2.56. The highest BCUT2D eigenvalue weighted by Crippen LogP contribution is 2.35. The first-order valence-corrected chi connectivity index (χ1v) is 7.90. The van der Waals surface area contributed by atoms with E-state index in [0.29, 0.717) is 18.5 Å². The van der Waals surface area contributed by atoms with Crippen LogP contribution in [0.1, 0.15) is 43.5 Å². The molecule has 1 fully saturated rings. The summed E-state index contributed by atoms with van der Waals surface area (Å²) in [5.74, 6) is -0.241. The predicted molar refractivity (Wildman–Crippen MR) is 87.5 cm³/mol. The molecular formula is C17H24N2O3. The number of amides is 1. The maximum Gasteiger partial charge on any atom is 0.340 e. The van der Waals surface area contributed by atoms with Crippen molar-refractivity contribution < 1.29 is 14.3 Å². The molecule has 0 spiro atoms. The van der Waals surface area contributed by atoms with Gasteiger partial charge in [-0.15, -0.1) is 0 Å². The van der Waals surface area contributed by atoms with Gasteiger partial charge in [0.15, 0.2) is 0 Å². The van der Waals surface area contributed by atoms with Crippen molar-refractivity contribution in [1.29, 1.82) is 0 Å². The molecule has 1 saturated heterocycles. The molecule has 5 heteroatoms. The molecule has 0 bridgehead atoms. The summed E-state index contributed by atoms with van der Waals surface area (Å²) in [6, 6.07) is 5.50. The van der Waals surface area contributed by atoms with Gasteiger partial charge in [0.25, 0.3) is 0 Å². The Kier molecular flexibility index (Phi) is 5.41. The Morgan fingerprint density at radius 3 is 2.59 bits per heavy atom. The summed E-state index contributed by atoms with van der Waals surface area (Å²) in [5.41, 5.74) is 2.13. The summed E-state index contributed by atoms with van der Waals surface area (Å²) >= 11 is 0. The maximum atomic E-state index is 12.3. The fourth-order valence-corrected chi connectivity index (χ4v) is 2.96. The highest BCUT2D eigenvalue weighted by molar-refractivity contribution is 6.04. The number of para-hydroxylation sites is 1. The third-order valence-electron chi connectivity index (χ3n) is 4.11. The second-order valence-corrected chi connectivity index (χ2v) is 5.34. The highest BCUT2D eigenvalue weighted by atomic mass is 16.5. The van der Waals surface area contributed by atoms with Crippen molar-refractivity contribution >= 4 is 23.3 Å². The normalized spacial score (nSPS) is 14.9. The summed E-state index contributed by atoms with van der Waals surface area (Å²) in [7, 11) is 1.38. The summed E-state index contributed by atoms with van der Waals surface area (Å²) in [6.45, 7) is 6.32. The van der Waals surface area contributed by atoms with Gasteiger partial charge < -0.3 is 14.5 Å². The van der Waals surface area contributed by atoms with Crippen molar-refractivity contribution in [1.82, 2.24) is 0 Å². The van der Waals surface area contributed by atoms with E-state index in [2.05, 4.69) is 4.90 Å². The van der Waals surface area contributed by atoms with E-state index in [1.54, 1.807) is 6.07 Å².